The van der Waals surface area contributed by atoms with Crippen LogP contribution in [0.4, 0.5) is 19.0 Å². The minimum atomic E-state index is -4.35. The lowest BCUT2D eigenvalue weighted by Crippen LogP contribution is -2.27. The van der Waals surface area contributed by atoms with E-state index in [1.807, 2.05) is 33.8 Å². The first kappa shape index (κ1) is 18.2. The van der Waals surface area contributed by atoms with Crippen molar-refractivity contribution in [2.24, 2.45) is 5.41 Å². The Morgan fingerprint density at radius 1 is 1.08 bits per heavy atom. The van der Waals surface area contributed by atoms with Gasteiger partial charge < -0.3 is 5.32 Å². The molecule has 1 unspecified atom stereocenters. The van der Waals surface area contributed by atoms with Crippen LogP contribution in [0.1, 0.15) is 43.6 Å². The van der Waals surface area contributed by atoms with Crippen molar-refractivity contribution < 1.29 is 13.2 Å². The van der Waals surface area contributed by atoms with Crippen LogP contribution in [-0.4, -0.2) is 19.6 Å². The number of halogens is 3. The van der Waals surface area contributed by atoms with E-state index in [0.717, 1.165) is 23.4 Å². The van der Waals surface area contributed by atoms with Crippen molar-refractivity contribution in [2.75, 3.05) is 5.32 Å². The molecule has 0 spiro atoms. The highest BCUT2D eigenvalue weighted by Gasteiger charge is 2.32. The summed E-state index contributed by atoms with van der Waals surface area (Å²) in [5, 5.41) is 7.57. The number of anilines is 1. The van der Waals surface area contributed by atoms with Gasteiger partial charge in [-0.15, -0.1) is 0 Å². The number of hydrogen-bond acceptors (Lipinski definition) is 4. The molecule has 3 rings (SSSR count). The monoisotopic (exact) mass is 363 g/mol. The summed E-state index contributed by atoms with van der Waals surface area (Å²) in [5.74, 6) is 1.15. The zero-order chi connectivity index (χ0) is 19.1. The highest BCUT2D eigenvalue weighted by molar-refractivity contribution is 5.47. The topological polar surface area (TPSA) is 55.1 Å². The van der Waals surface area contributed by atoms with Crippen LogP contribution in [0.3, 0.4) is 0 Å². The van der Waals surface area contributed by atoms with Crippen LogP contribution in [0.5, 0.6) is 0 Å². The van der Waals surface area contributed by atoms with Gasteiger partial charge in [0.2, 0.25) is 0 Å². The first-order valence-electron chi connectivity index (χ1n) is 8.17. The van der Waals surface area contributed by atoms with Gasteiger partial charge in [0.25, 0.3) is 5.78 Å². The molecule has 2 heterocycles. The molecule has 0 saturated heterocycles. The van der Waals surface area contributed by atoms with Gasteiger partial charge in [-0.3, -0.25) is 0 Å². The molecule has 2 aromatic heterocycles. The Morgan fingerprint density at radius 3 is 2.31 bits per heavy atom. The van der Waals surface area contributed by atoms with Gasteiger partial charge in [0.1, 0.15) is 12.1 Å². The molecule has 1 N–H and O–H groups in total. The maximum atomic E-state index is 12.8. The molecule has 8 heteroatoms. The van der Waals surface area contributed by atoms with Gasteiger partial charge in [-0.1, -0.05) is 32.9 Å². The zero-order valence-electron chi connectivity index (χ0n) is 15.0. The molecule has 138 valence electrons. The van der Waals surface area contributed by atoms with Gasteiger partial charge in [-0.05, 0) is 30.0 Å². The van der Waals surface area contributed by atoms with Gasteiger partial charge in [0.05, 0.1) is 11.6 Å². The van der Waals surface area contributed by atoms with E-state index in [-0.39, 0.29) is 11.5 Å². The van der Waals surface area contributed by atoms with Crippen molar-refractivity contribution in [1.82, 2.24) is 19.6 Å². The molecule has 0 bridgehead atoms. The first-order valence-corrected chi connectivity index (χ1v) is 8.17. The Bertz CT molecular complexity index is 907. The highest BCUT2D eigenvalue weighted by Crippen LogP contribution is 2.37. The Balaban J connectivity index is 2.00. The second-order valence-corrected chi connectivity index (χ2v) is 7.32. The van der Waals surface area contributed by atoms with Crippen molar-refractivity contribution in [3.8, 4) is 0 Å². The summed E-state index contributed by atoms with van der Waals surface area (Å²) in [4.78, 5) is 8.40. The fourth-order valence-electron chi connectivity index (χ4n) is 2.85. The van der Waals surface area contributed by atoms with Crippen molar-refractivity contribution in [3.63, 3.8) is 0 Å². The van der Waals surface area contributed by atoms with Crippen LogP contribution in [0, 0.1) is 12.3 Å². The number of aryl methyl sites for hydroxylation is 1. The molecule has 0 amide bonds. The number of nitrogens with one attached hydrogen (secondary N) is 1. The lowest BCUT2D eigenvalue weighted by Gasteiger charge is -2.33. The van der Waals surface area contributed by atoms with Gasteiger partial charge in [0, 0.05) is 11.8 Å². The Hall–Kier alpha value is -2.64. The number of alkyl halides is 3. The first-order chi connectivity index (χ1) is 12.1. The molecule has 1 atom stereocenters. The summed E-state index contributed by atoms with van der Waals surface area (Å²) in [6, 6.07) is 6.84. The fourth-order valence-corrected chi connectivity index (χ4v) is 2.85. The quantitative estimate of drug-likeness (QED) is 0.736. The number of rotatable bonds is 3. The van der Waals surface area contributed by atoms with E-state index in [2.05, 4.69) is 20.4 Å². The van der Waals surface area contributed by atoms with Crippen LogP contribution < -0.4 is 5.32 Å². The van der Waals surface area contributed by atoms with E-state index in [9.17, 15) is 13.2 Å². The van der Waals surface area contributed by atoms with E-state index in [1.54, 1.807) is 4.52 Å². The summed E-state index contributed by atoms with van der Waals surface area (Å²) in [5.41, 5.74) is 0.609. The Morgan fingerprint density at radius 2 is 1.73 bits per heavy atom. The van der Waals surface area contributed by atoms with Crippen LogP contribution in [0.15, 0.2) is 36.7 Å². The molecule has 0 aliphatic heterocycles. The second-order valence-electron chi connectivity index (χ2n) is 7.32. The van der Waals surface area contributed by atoms with Crippen molar-refractivity contribution in [3.05, 3.63) is 53.5 Å². The molecular weight excluding hydrogens is 343 g/mol. The third-order valence-corrected chi connectivity index (χ3v) is 4.11. The van der Waals surface area contributed by atoms with Gasteiger partial charge >= 0.3 is 6.18 Å². The lowest BCUT2D eigenvalue weighted by atomic mass is 9.82. The van der Waals surface area contributed by atoms with E-state index < -0.39 is 11.7 Å². The molecule has 0 radical (unpaired) electrons. The zero-order valence-corrected chi connectivity index (χ0v) is 15.0. The normalized spacial score (nSPS) is 13.8. The number of nitrogens with zero attached hydrogens (tertiary/aromatic N) is 4. The molecule has 0 saturated carbocycles. The van der Waals surface area contributed by atoms with Crippen LogP contribution in [0.2, 0.25) is 0 Å². The molecule has 0 aliphatic rings. The molecule has 1 aromatic carbocycles. The number of aromatic nitrogens is 4. The van der Waals surface area contributed by atoms with E-state index in [1.165, 1.54) is 18.5 Å². The van der Waals surface area contributed by atoms with Crippen LogP contribution >= 0.6 is 0 Å². The third kappa shape index (κ3) is 3.63. The highest BCUT2D eigenvalue weighted by atomic mass is 19.4. The number of fused-ring (bicyclic) bond motifs is 1. The Kier molecular flexibility index (Phi) is 4.37. The maximum Gasteiger partial charge on any atom is 0.416 e. The third-order valence-electron chi connectivity index (χ3n) is 4.11. The maximum absolute atomic E-state index is 12.8. The van der Waals surface area contributed by atoms with Gasteiger partial charge in [-0.25, -0.2) is 4.98 Å². The van der Waals surface area contributed by atoms with Crippen LogP contribution in [0.25, 0.3) is 5.78 Å². The SMILES string of the molecule is Cc1cc(NC(c2ccc(C(F)(F)F)cc2)C(C)(C)C)n2ncnc2n1. The molecule has 0 fully saturated rings. The van der Waals surface area contributed by atoms with Crippen molar-refractivity contribution >= 4 is 11.6 Å². The summed E-state index contributed by atoms with van der Waals surface area (Å²) in [6.45, 7) is 7.92. The van der Waals surface area contributed by atoms with Crippen molar-refractivity contribution in [1.29, 1.82) is 0 Å². The smallest absolute Gasteiger partial charge is 0.363 e. The molecule has 0 aliphatic carbocycles. The summed E-state index contributed by atoms with van der Waals surface area (Å²) < 4.78 is 40.1. The van der Waals surface area contributed by atoms with E-state index in [0.29, 0.717) is 11.6 Å². The van der Waals surface area contributed by atoms with Crippen LogP contribution in [-0.2, 0) is 6.18 Å². The average molecular weight is 363 g/mol. The molecule has 26 heavy (non-hydrogen) atoms. The fraction of sp³-hybridized carbons (Fsp3) is 0.389. The minimum absolute atomic E-state index is 0.237. The molecule has 3 aromatic rings. The minimum Gasteiger partial charge on any atom is -0.363 e. The van der Waals surface area contributed by atoms with Crippen molar-refractivity contribution in [2.45, 2.75) is 39.9 Å². The molecule has 5 nitrogen and oxygen atoms in total. The second kappa shape index (κ2) is 6.26. The van der Waals surface area contributed by atoms with Gasteiger partial charge in [-0.2, -0.15) is 27.8 Å². The van der Waals surface area contributed by atoms with E-state index >= 15 is 0 Å². The summed E-state index contributed by atoms with van der Waals surface area (Å²) >= 11 is 0. The number of benzene rings is 1. The average Bonchev–Trinajstić information content (AvgIpc) is 2.99. The Labute approximate surface area is 149 Å². The molecular formula is C18H20F3N5. The largest absolute Gasteiger partial charge is 0.416 e. The standard InChI is InChI=1S/C18H20F3N5/c1-11-9-14(26-16(24-11)22-10-23-26)25-15(17(2,3)4)12-5-7-13(8-6-12)18(19,20)21/h5-10,15,25H,1-4H3. The lowest BCUT2D eigenvalue weighted by molar-refractivity contribution is -0.137. The number of hydrogen-bond donors (Lipinski definition) is 1. The summed E-state index contributed by atoms with van der Waals surface area (Å²) in [6.07, 6.45) is -2.94. The van der Waals surface area contributed by atoms with Gasteiger partial charge in [0.15, 0.2) is 0 Å². The predicted molar refractivity (Wildman–Crippen MR) is 92.8 cm³/mol. The van der Waals surface area contributed by atoms with E-state index in [4.69, 9.17) is 0 Å². The predicted octanol–water partition coefficient (Wildman–Crippen LogP) is 4.65. The summed E-state index contributed by atoms with van der Waals surface area (Å²) in [7, 11) is 0.